The van der Waals surface area contributed by atoms with Crippen molar-refractivity contribution in [2.45, 2.75) is 50.5 Å². The molecule has 1 aromatic carbocycles. The lowest BCUT2D eigenvalue weighted by molar-refractivity contribution is -0.123. The van der Waals surface area contributed by atoms with Gasteiger partial charge >= 0.3 is 0 Å². The molecule has 1 fully saturated rings. The zero-order valence-electron chi connectivity index (χ0n) is 12.0. The molecule has 0 aromatic heterocycles. The highest BCUT2D eigenvalue weighted by atomic mass is 79.9. The Kier molecular flexibility index (Phi) is 5.22. The molecule has 2 rings (SSSR count). The van der Waals surface area contributed by atoms with Crippen LogP contribution in [0.3, 0.4) is 0 Å². The average molecular weight is 339 g/mol. The number of carbonyl (C=O) groups excluding carboxylic acids is 1. The second-order valence-corrected chi connectivity index (χ2v) is 6.81. The van der Waals surface area contributed by atoms with Gasteiger partial charge in [-0.15, -0.1) is 0 Å². The summed E-state index contributed by atoms with van der Waals surface area (Å²) in [6.07, 6.45) is 4.88. The minimum atomic E-state index is -0.142. The number of carbonyl (C=O) groups is 1. The highest BCUT2D eigenvalue weighted by molar-refractivity contribution is 9.10. The number of nitrogens with two attached hydrogens (primary N) is 1. The molecule has 0 bridgehead atoms. The molecule has 0 heterocycles. The smallest absolute Gasteiger partial charge is 0.221 e. The van der Waals surface area contributed by atoms with Gasteiger partial charge in [0, 0.05) is 17.4 Å². The van der Waals surface area contributed by atoms with Crippen molar-refractivity contribution in [2.75, 3.05) is 6.54 Å². The molecule has 3 N–H and O–H groups in total. The highest BCUT2D eigenvalue weighted by Crippen LogP contribution is 2.29. The molecule has 4 heteroatoms. The summed E-state index contributed by atoms with van der Waals surface area (Å²) >= 11 is 3.43. The fraction of sp³-hybridized carbons (Fsp3) is 0.562. The zero-order chi connectivity index (χ0) is 14.6. The fourth-order valence-corrected chi connectivity index (χ4v) is 3.23. The molecular weight excluding hydrogens is 316 g/mol. The van der Waals surface area contributed by atoms with Gasteiger partial charge in [-0.05, 0) is 36.5 Å². The molecule has 1 aliphatic rings. The van der Waals surface area contributed by atoms with Crippen LogP contribution in [0.5, 0.6) is 0 Å². The first-order valence-corrected chi connectivity index (χ1v) is 8.10. The number of rotatable bonds is 5. The van der Waals surface area contributed by atoms with Gasteiger partial charge in [-0.2, -0.15) is 0 Å². The largest absolute Gasteiger partial charge is 0.349 e. The quantitative estimate of drug-likeness (QED) is 0.865. The van der Waals surface area contributed by atoms with E-state index in [1.807, 2.05) is 12.1 Å². The second-order valence-electron chi connectivity index (χ2n) is 5.90. The van der Waals surface area contributed by atoms with E-state index in [0.717, 1.165) is 17.3 Å². The molecule has 0 aliphatic heterocycles. The van der Waals surface area contributed by atoms with Crippen LogP contribution in [0.25, 0.3) is 0 Å². The molecule has 1 unspecified atom stereocenters. The van der Waals surface area contributed by atoms with E-state index in [-0.39, 0.29) is 17.4 Å². The Labute approximate surface area is 129 Å². The zero-order valence-corrected chi connectivity index (χ0v) is 13.6. The van der Waals surface area contributed by atoms with Crippen molar-refractivity contribution in [3.8, 4) is 0 Å². The van der Waals surface area contributed by atoms with E-state index in [2.05, 4.69) is 40.3 Å². The van der Waals surface area contributed by atoms with Crippen LogP contribution in [-0.2, 0) is 4.79 Å². The first-order valence-electron chi connectivity index (χ1n) is 7.31. The van der Waals surface area contributed by atoms with E-state index in [0.29, 0.717) is 13.0 Å². The third-order valence-electron chi connectivity index (χ3n) is 4.29. The number of amides is 1. The summed E-state index contributed by atoms with van der Waals surface area (Å²) in [5.74, 6) is 0.340. The van der Waals surface area contributed by atoms with Crippen LogP contribution >= 0.6 is 15.9 Å². The van der Waals surface area contributed by atoms with Crippen LogP contribution in [0.2, 0.25) is 0 Å². The van der Waals surface area contributed by atoms with Crippen molar-refractivity contribution in [1.29, 1.82) is 0 Å². The molecule has 1 saturated carbocycles. The van der Waals surface area contributed by atoms with E-state index in [9.17, 15) is 4.79 Å². The molecule has 20 heavy (non-hydrogen) atoms. The molecule has 110 valence electrons. The fourth-order valence-electron chi connectivity index (χ4n) is 2.97. The summed E-state index contributed by atoms with van der Waals surface area (Å²) in [5, 5.41) is 3.18. The monoisotopic (exact) mass is 338 g/mol. The summed E-state index contributed by atoms with van der Waals surface area (Å²) in [6, 6.07) is 8.16. The van der Waals surface area contributed by atoms with Gasteiger partial charge in [0.15, 0.2) is 0 Å². The number of halogens is 1. The molecule has 0 radical (unpaired) electrons. The van der Waals surface area contributed by atoms with E-state index in [4.69, 9.17) is 5.73 Å². The van der Waals surface area contributed by atoms with Crippen molar-refractivity contribution in [3.05, 3.63) is 34.3 Å². The number of hydrogen-bond donors (Lipinski definition) is 2. The van der Waals surface area contributed by atoms with Crippen LogP contribution in [-0.4, -0.2) is 18.0 Å². The van der Waals surface area contributed by atoms with Gasteiger partial charge in [0.05, 0.1) is 5.54 Å². The summed E-state index contributed by atoms with van der Waals surface area (Å²) in [4.78, 5) is 12.2. The number of benzene rings is 1. The normalized spacial score (nSPS) is 18.8. The minimum absolute atomic E-state index is 0.118. The van der Waals surface area contributed by atoms with E-state index in [1.165, 1.54) is 18.4 Å². The summed E-state index contributed by atoms with van der Waals surface area (Å²) in [5.41, 5.74) is 6.90. The Morgan fingerprint density at radius 1 is 1.35 bits per heavy atom. The third-order valence-corrected chi connectivity index (χ3v) is 4.82. The predicted molar refractivity (Wildman–Crippen MR) is 85.6 cm³/mol. The van der Waals surface area contributed by atoms with Crippen molar-refractivity contribution in [2.24, 2.45) is 5.73 Å². The van der Waals surface area contributed by atoms with Gasteiger partial charge in [-0.3, -0.25) is 4.79 Å². The maximum atomic E-state index is 12.2. The van der Waals surface area contributed by atoms with Gasteiger partial charge in [0.25, 0.3) is 0 Å². The first kappa shape index (κ1) is 15.5. The van der Waals surface area contributed by atoms with Gasteiger partial charge < -0.3 is 11.1 Å². The van der Waals surface area contributed by atoms with E-state index in [1.54, 1.807) is 0 Å². The molecule has 1 aliphatic carbocycles. The average Bonchev–Trinajstić information content (AvgIpc) is 2.88. The lowest BCUT2D eigenvalue weighted by Gasteiger charge is -2.29. The van der Waals surface area contributed by atoms with Crippen LogP contribution < -0.4 is 11.1 Å². The van der Waals surface area contributed by atoms with Gasteiger partial charge in [0.2, 0.25) is 5.91 Å². The van der Waals surface area contributed by atoms with Crippen molar-refractivity contribution >= 4 is 21.8 Å². The number of nitrogens with one attached hydrogen (secondary N) is 1. The SMILES string of the molecule is CC(CC(=O)NC1(CN)CCCC1)c1ccc(Br)cc1. The molecular formula is C16H23BrN2O. The van der Waals surface area contributed by atoms with Crippen LogP contribution in [0.4, 0.5) is 0 Å². The lowest BCUT2D eigenvalue weighted by atomic mass is 9.94. The summed E-state index contributed by atoms with van der Waals surface area (Å²) in [6.45, 7) is 2.64. The molecule has 3 nitrogen and oxygen atoms in total. The Hall–Kier alpha value is -0.870. The van der Waals surface area contributed by atoms with Gasteiger partial charge in [-0.25, -0.2) is 0 Å². The lowest BCUT2D eigenvalue weighted by Crippen LogP contribution is -2.51. The second kappa shape index (κ2) is 6.72. The first-order chi connectivity index (χ1) is 9.54. The molecule has 0 saturated heterocycles. The van der Waals surface area contributed by atoms with Gasteiger partial charge in [-0.1, -0.05) is 47.8 Å². The van der Waals surface area contributed by atoms with Crippen molar-refractivity contribution in [1.82, 2.24) is 5.32 Å². The Bertz CT molecular complexity index is 452. The topological polar surface area (TPSA) is 55.1 Å². The van der Waals surface area contributed by atoms with Gasteiger partial charge in [0.1, 0.15) is 0 Å². The van der Waals surface area contributed by atoms with Crippen LogP contribution in [0, 0.1) is 0 Å². The number of hydrogen-bond acceptors (Lipinski definition) is 2. The summed E-state index contributed by atoms with van der Waals surface area (Å²) < 4.78 is 1.06. The van der Waals surface area contributed by atoms with Crippen molar-refractivity contribution in [3.63, 3.8) is 0 Å². The highest BCUT2D eigenvalue weighted by Gasteiger charge is 2.33. The molecule has 1 aromatic rings. The Balaban J connectivity index is 1.92. The Morgan fingerprint density at radius 2 is 1.95 bits per heavy atom. The molecule has 0 spiro atoms. The molecule has 1 atom stereocenters. The maximum absolute atomic E-state index is 12.2. The minimum Gasteiger partial charge on any atom is -0.349 e. The predicted octanol–water partition coefficient (Wildman–Crippen LogP) is 3.33. The maximum Gasteiger partial charge on any atom is 0.221 e. The van der Waals surface area contributed by atoms with E-state index < -0.39 is 0 Å². The summed E-state index contributed by atoms with van der Waals surface area (Å²) in [7, 11) is 0. The third kappa shape index (κ3) is 3.83. The van der Waals surface area contributed by atoms with E-state index >= 15 is 0 Å². The molecule has 1 amide bonds. The van der Waals surface area contributed by atoms with Crippen LogP contribution in [0.15, 0.2) is 28.7 Å². The standard InChI is InChI=1S/C16H23BrN2O/c1-12(13-4-6-14(17)7-5-13)10-15(20)19-16(11-18)8-2-3-9-16/h4-7,12H,2-3,8-11,18H2,1H3,(H,19,20). The van der Waals surface area contributed by atoms with Crippen molar-refractivity contribution < 1.29 is 4.79 Å². The Morgan fingerprint density at radius 3 is 2.50 bits per heavy atom. The van der Waals surface area contributed by atoms with Crippen LogP contribution in [0.1, 0.15) is 50.5 Å².